The van der Waals surface area contributed by atoms with Crippen LogP contribution in [-0.4, -0.2) is 74.2 Å². The molecule has 114 valence electrons. The number of hydrogen-bond acceptors (Lipinski definition) is 4. The topological polar surface area (TPSA) is 30.5 Å². The van der Waals surface area contributed by atoms with Crippen LogP contribution >= 0.6 is 0 Å². The largest absolute Gasteiger partial charge is 0.316 e. The maximum atomic E-state index is 3.90. The number of likely N-dealkylation sites (N-methyl/N-ethyl adjacent to an activating group) is 1. The Morgan fingerprint density at radius 3 is 2.50 bits per heavy atom. The molecule has 4 aliphatic rings. The number of nitrogens with zero attached hydrogens (tertiary/aromatic N) is 2. The van der Waals surface area contributed by atoms with Gasteiger partial charge >= 0.3 is 0 Å². The summed E-state index contributed by atoms with van der Waals surface area (Å²) in [4.78, 5) is 5.19. The van der Waals surface area contributed by atoms with Crippen molar-refractivity contribution in [1.82, 2.24) is 20.4 Å². The van der Waals surface area contributed by atoms with Crippen LogP contribution in [-0.2, 0) is 0 Å². The smallest absolute Gasteiger partial charge is 0.0339 e. The summed E-state index contributed by atoms with van der Waals surface area (Å²) in [7, 11) is 2.25. The third-order valence-corrected chi connectivity index (χ3v) is 6.42. The number of likely N-dealkylation sites (tertiary alicyclic amines) is 2. The molecule has 2 N–H and O–H groups in total. The van der Waals surface area contributed by atoms with Crippen molar-refractivity contribution in [1.29, 1.82) is 0 Å². The molecule has 2 unspecified atom stereocenters. The molecule has 0 saturated carbocycles. The van der Waals surface area contributed by atoms with Crippen molar-refractivity contribution in [3.8, 4) is 0 Å². The third kappa shape index (κ3) is 2.41. The first-order valence-electron chi connectivity index (χ1n) is 8.57. The molecule has 4 saturated heterocycles. The molecule has 0 aromatic heterocycles. The van der Waals surface area contributed by atoms with Gasteiger partial charge in [0, 0.05) is 31.2 Å². The minimum atomic E-state index is 0.492. The minimum Gasteiger partial charge on any atom is -0.316 e. The second-order valence-corrected chi connectivity index (χ2v) is 8.04. The number of rotatable bonds is 2. The predicted octanol–water partition coefficient (Wildman–Crippen LogP) is 0.498. The van der Waals surface area contributed by atoms with Crippen molar-refractivity contribution in [2.45, 2.75) is 43.7 Å². The fourth-order valence-electron chi connectivity index (χ4n) is 5.10. The zero-order valence-electron chi connectivity index (χ0n) is 13.0. The molecule has 4 heterocycles. The van der Waals surface area contributed by atoms with E-state index in [9.17, 15) is 0 Å². The average molecular weight is 278 g/mol. The molecule has 4 rings (SSSR count). The van der Waals surface area contributed by atoms with Gasteiger partial charge in [-0.25, -0.2) is 0 Å². The van der Waals surface area contributed by atoms with Gasteiger partial charge in [0.05, 0.1) is 0 Å². The monoisotopic (exact) mass is 278 g/mol. The Kier molecular flexibility index (Phi) is 3.33. The Morgan fingerprint density at radius 1 is 1.10 bits per heavy atom. The third-order valence-electron chi connectivity index (χ3n) is 6.42. The Bertz CT molecular complexity index is 347. The normalized spacial score (nSPS) is 41.5. The molecule has 0 radical (unpaired) electrons. The molecule has 2 atom stereocenters. The van der Waals surface area contributed by atoms with Gasteiger partial charge in [0.25, 0.3) is 0 Å². The van der Waals surface area contributed by atoms with Crippen LogP contribution in [0.2, 0.25) is 0 Å². The van der Waals surface area contributed by atoms with Crippen LogP contribution in [0, 0.1) is 5.41 Å². The minimum absolute atomic E-state index is 0.492. The molecule has 20 heavy (non-hydrogen) atoms. The highest BCUT2D eigenvalue weighted by Crippen LogP contribution is 2.38. The second kappa shape index (κ2) is 4.94. The van der Waals surface area contributed by atoms with Crippen LogP contribution in [0.1, 0.15) is 32.1 Å². The SMILES string of the molecule is CN1CCC2(CC(CN3CCC4(CCNC4)CC3)N2)C1. The van der Waals surface area contributed by atoms with Gasteiger partial charge in [-0.05, 0) is 70.7 Å². The number of piperidine rings is 1. The maximum Gasteiger partial charge on any atom is 0.0339 e. The van der Waals surface area contributed by atoms with Crippen molar-refractivity contribution in [3.05, 3.63) is 0 Å². The van der Waals surface area contributed by atoms with Crippen LogP contribution in [0.4, 0.5) is 0 Å². The molecule has 4 heteroatoms. The fraction of sp³-hybridized carbons (Fsp3) is 1.00. The lowest BCUT2D eigenvalue weighted by Gasteiger charge is -2.50. The predicted molar refractivity (Wildman–Crippen MR) is 82.0 cm³/mol. The van der Waals surface area contributed by atoms with E-state index in [1.54, 1.807) is 0 Å². The van der Waals surface area contributed by atoms with Crippen molar-refractivity contribution in [2.24, 2.45) is 5.41 Å². The molecule has 4 aliphatic heterocycles. The zero-order chi connectivity index (χ0) is 13.6. The van der Waals surface area contributed by atoms with Gasteiger partial charge in [0.2, 0.25) is 0 Å². The van der Waals surface area contributed by atoms with E-state index in [1.807, 2.05) is 0 Å². The van der Waals surface area contributed by atoms with E-state index in [2.05, 4.69) is 27.5 Å². The number of nitrogens with one attached hydrogen (secondary N) is 2. The standard InChI is InChI=1S/C16H30N4/c1-19-7-5-16(13-19)10-14(18-16)11-20-8-3-15(4-9-20)2-6-17-12-15/h14,17-18H,2-13H2,1H3. The molecule has 4 nitrogen and oxygen atoms in total. The summed E-state index contributed by atoms with van der Waals surface area (Å²) < 4.78 is 0. The first-order chi connectivity index (χ1) is 9.67. The first kappa shape index (κ1) is 13.5. The van der Waals surface area contributed by atoms with Gasteiger partial charge in [-0.2, -0.15) is 0 Å². The van der Waals surface area contributed by atoms with Crippen LogP contribution in [0.25, 0.3) is 0 Å². The van der Waals surface area contributed by atoms with E-state index >= 15 is 0 Å². The Balaban J connectivity index is 1.22. The quantitative estimate of drug-likeness (QED) is 0.770. The van der Waals surface area contributed by atoms with E-state index < -0.39 is 0 Å². The Labute approximate surface area is 123 Å². The summed E-state index contributed by atoms with van der Waals surface area (Å²) in [6.07, 6.45) is 7.01. The van der Waals surface area contributed by atoms with Gasteiger partial charge in [0.1, 0.15) is 0 Å². The van der Waals surface area contributed by atoms with E-state index in [0.717, 1.165) is 6.04 Å². The van der Waals surface area contributed by atoms with Crippen LogP contribution in [0.3, 0.4) is 0 Å². The van der Waals surface area contributed by atoms with Crippen LogP contribution in [0.5, 0.6) is 0 Å². The average Bonchev–Trinajstić information content (AvgIpc) is 3.00. The molecule has 0 aliphatic carbocycles. The van der Waals surface area contributed by atoms with E-state index in [1.165, 1.54) is 77.9 Å². The lowest BCUT2D eigenvalue weighted by Crippen LogP contribution is -2.67. The van der Waals surface area contributed by atoms with Gasteiger partial charge in [-0.15, -0.1) is 0 Å². The van der Waals surface area contributed by atoms with Crippen LogP contribution < -0.4 is 10.6 Å². The zero-order valence-corrected chi connectivity index (χ0v) is 13.0. The summed E-state index contributed by atoms with van der Waals surface area (Å²) in [6.45, 7) is 9.00. The molecule has 4 fully saturated rings. The van der Waals surface area contributed by atoms with E-state index in [0.29, 0.717) is 11.0 Å². The molecule has 0 aromatic carbocycles. The van der Waals surface area contributed by atoms with Crippen molar-refractivity contribution < 1.29 is 0 Å². The second-order valence-electron chi connectivity index (χ2n) is 8.04. The fourth-order valence-corrected chi connectivity index (χ4v) is 5.10. The molecule has 0 bridgehead atoms. The van der Waals surface area contributed by atoms with Gasteiger partial charge in [0.15, 0.2) is 0 Å². The van der Waals surface area contributed by atoms with E-state index in [-0.39, 0.29) is 0 Å². The van der Waals surface area contributed by atoms with Crippen molar-refractivity contribution in [2.75, 3.05) is 52.9 Å². The maximum absolute atomic E-state index is 3.90. The van der Waals surface area contributed by atoms with Crippen LogP contribution in [0.15, 0.2) is 0 Å². The highest BCUT2D eigenvalue weighted by molar-refractivity contribution is 5.09. The summed E-state index contributed by atoms with van der Waals surface area (Å²) in [5.41, 5.74) is 1.16. The Hall–Kier alpha value is -0.160. The highest BCUT2D eigenvalue weighted by Gasteiger charge is 2.47. The lowest BCUT2D eigenvalue weighted by atomic mass is 9.77. The lowest BCUT2D eigenvalue weighted by molar-refractivity contribution is 0.0659. The van der Waals surface area contributed by atoms with Gasteiger partial charge < -0.3 is 20.4 Å². The molecular weight excluding hydrogens is 248 g/mol. The van der Waals surface area contributed by atoms with Gasteiger partial charge in [-0.3, -0.25) is 0 Å². The van der Waals surface area contributed by atoms with Crippen molar-refractivity contribution in [3.63, 3.8) is 0 Å². The number of hydrogen-bond donors (Lipinski definition) is 2. The molecular formula is C16H30N4. The summed E-state index contributed by atoms with van der Waals surface area (Å²) in [6, 6.07) is 0.761. The van der Waals surface area contributed by atoms with E-state index in [4.69, 9.17) is 0 Å². The highest BCUT2D eigenvalue weighted by atomic mass is 15.3. The van der Waals surface area contributed by atoms with Gasteiger partial charge in [-0.1, -0.05) is 0 Å². The first-order valence-corrected chi connectivity index (χ1v) is 8.57. The van der Waals surface area contributed by atoms with Crippen molar-refractivity contribution >= 4 is 0 Å². The summed E-state index contributed by atoms with van der Waals surface area (Å²) >= 11 is 0. The summed E-state index contributed by atoms with van der Waals surface area (Å²) in [5.74, 6) is 0. The molecule has 0 amide bonds. The Morgan fingerprint density at radius 2 is 1.90 bits per heavy atom. The summed E-state index contributed by atoms with van der Waals surface area (Å²) in [5, 5.41) is 7.46. The molecule has 2 spiro atoms. The molecule has 0 aromatic rings.